The van der Waals surface area contributed by atoms with Crippen molar-refractivity contribution in [2.24, 2.45) is 0 Å². The van der Waals surface area contributed by atoms with Gasteiger partial charge in [-0.1, -0.05) is 48.5 Å². The van der Waals surface area contributed by atoms with Gasteiger partial charge in [0.15, 0.2) is 0 Å². The predicted molar refractivity (Wildman–Crippen MR) is 66.8 cm³/mol. The van der Waals surface area contributed by atoms with Crippen molar-refractivity contribution in [2.45, 2.75) is 6.61 Å². The lowest BCUT2D eigenvalue weighted by Crippen LogP contribution is -2.08. The maximum Gasteiger partial charge on any atom is 0.339 e. The standard InChI is InChI=1S/C15H11O3/c16-10-13-8-4-5-9-14(13)15(17)18-11-12-6-2-1-3-7-12/h1-9H,11H2. The summed E-state index contributed by atoms with van der Waals surface area (Å²) in [4.78, 5) is 22.5. The van der Waals surface area contributed by atoms with Gasteiger partial charge in [0.2, 0.25) is 6.29 Å². The van der Waals surface area contributed by atoms with E-state index >= 15 is 0 Å². The van der Waals surface area contributed by atoms with Gasteiger partial charge in [-0.2, -0.15) is 0 Å². The van der Waals surface area contributed by atoms with E-state index in [9.17, 15) is 9.59 Å². The van der Waals surface area contributed by atoms with Gasteiger partial charge in [-0.3, -0.25) is 4.79 Å². The summed E-state index contributed by atoms with van der Waals surface area (Å²) in [6, 6.07) is 15.8. The molecule has 18 heavy (non-hydrogen) atoms. The van der Waals surface area contributed by atoms with Crippen molar-refractivity contribution in [3.05, 3.63) is 71.3 Å². The molecule has 2 aromatic rings. The third kappa shape index (κ3) is 2.83. The Kier molecular flexibility index (Phi) is 3.86. The van der Waals surface area contributed by atoms with Crippen molar-refractivity contribution in [1.82, 2.24) is 0 Å². The van der Waals surface area contributed by atoms with Crippen LogP contribution in [0.15, 0.2) is 54.6 Å². The Balaban J connectivity index is 2.06. The van der Waals surface area contributed by atoms with Crippen molar-refractivity contribution in [3.8, 4) is 0 Å². The normalized spacial score (nSPS) is 9.78. The summed E-state index contributed by atoms with van der Waals surface area (Å²) in [5.74, 6) is -0.516. The molecule has 0 heterocycles. The van der Waals surface area contributed by atoms with Crippen LogP contribution in [0.5, 0.6) is 0 Å². The minimum Gasteiger partial charge on any atom is -0.457 e. The molecule has 0 bridgehead atoms. The fraction of sp³-hybridized carbons (Fsp3) is 0.0667. The van der Waals surface area contributed by atoms with Crippen LogP contribution in [0.3, 0.4) is 0 Å². The number of carbonyl (C=O) groups excluding carboxylic acids is 2. The van der Waals surface area contributed by atoms with E-state index in [2.05, 4.69) is 0 Å². The van der Waals surface area contributed by atoms with Crippen LogP contribution in [-0.2, 0) is 16.1 Å². The highest BCUT2D eigenvalue weighted by Crippen LogP contribution is 2.09. The van der Waals surface area contributed by atoms with E-state index in [4.69, 9.17) is 4.74 Å². The average Bonchev–Trinajstić information content (AvgIpc) is 2.45. The zero-order chi connectivity index (χ0) is 12.8. The predicted octanol–water partition coefficient (Wildman–Crippen LogP) is 2.50. The van der Waals surface area contributed by atoms with Gasteiger partial charge in [0.25, 0.3) is 0 Å². The second-order valence-electron chi connectivity index (χ2n) is 3.71. The first-order valence-electron chi connectivity index (χ1n) is 5.49. The van der Waals surface area contributed by atoms with Crippen LogP contribution in [0.25, 0.3) is 0 Å². The molecule has 3 nitrogen and oxygen atoms in total. The monoisotopic (exact) mass is 239 g/mol. The topological polar surface area (TPSA) is 43.4 Å². The molecule has 89 valence electrons. The molecule has 0 spiro atoms. The van der Waals surface area contributed by atoms with Gasteiger partial charge in [-0.05, 0) is 11.6 Å². The van der Waals surface area contributed by atoms with Crippen LogP contribution in [0.2, 0.25) is 0 Å². The summed E-state index contributed by atoms with van der Waals surface area (Å²) in [7, 11) is 0. The van der Waals surface area contributed by atoms with Crippen molar-refractivity contribution in [3.63, 3.8) is 0 Å². The third-order valence-electron chi connectivity index (χ3n) is 2.47. The van der Waals surface area contributed by atoms with Gasteiger partial charge in [-0.15, -0.1) is 0 Å². The molecule has 0 aliphatic rings. The maximum absolute atomic E-state index is 11.8. The fourth-order valence-corrected chi connectivity index (χ4v) is 1.55. The Hall–Kier alpha value is -2.42. The maximum atomic E-state index is 11.8. The molecule has 1 radical (unpaired) electrons. The highest BCUT2D eigenvalue weighted by atomic mass is 16.5. The van der Waals surface area contributed by atoms with Crippen LogP contribution in [0.4, 0.5) is 0 Å². The Labute approximate surface area is 105 Å². The summed E-state index contributed by atoms with van der Waals surface area (Å²) < 4.78 is 5.14. The SMILES string of the molecule is O=[C]c1ccccc1C(=O)OCc1ccccc1. The van der Waals surface area contributed by atoms with E-state index in [0.29, 0.717) is 0 Å². The zero-order valence-electron chi connectivity index (χ0n) is 9.63. The summed E-state index contributed by atoms with van der Waals surface area (Å²) in [5.41, 5.74) is 1.36. The summed E-state index contributed by atoms with van der Waals surface area (Å²) in [6.07, 6.45) is 1.72. The highest BCUT2D eigenvalue weighted by molar-refractivity contribution is 5.98. The number of hydrogen-bond donors (Lipinski definition) is 0. The van der Waals surface area contributed by atoms with Crippen molar-refractivity contribution in [1.29, 1.82) is 0 Å². The molecule has 0 saturated carbocycles. The van der Waals surface area contributed by atoms with Crippen molar-refractivity contribution < 1.29 is 14.3 Å². The molecule has 0 aromatic heterocycles. The van der Waals surface area contributed by atoms with E-state index in [1.54, 1.807) is 24.5 Å². The van der Waals surface area contributed by atoms with Gasteiger partial charge < -0.3 is 4.74 Å². The third-order valence-corrected chi connectivity index (χ3v) is 2.47. The minimum atomic E-state index is -0.516. The van der Waals surface area contributed by atoms with Crippen molar-refractivity contribution >= 4 is 12.3 Å². The first kappa shape index (κ1) is 12.0. The smallest absolute Gasteiger partial charge is 0.339 e. The molecular weight excluding hydrogens is 228 g/mol. The zero-order valence-corrected chi connectivity index (χ0v) is 9.63. The Morgan fingerprint density at radius 1 is 1.00 bits per heavy atom. The Morgan fingerprint density at radius 3 is 2.39 bits per heavy atom. The number of esters is 1. The van der Waals surface area contributed by atoms with Gasteiger partial charge in [-0.25, -0.2) is 4.79 Å². The molecule has 0 atom stereocenters. The second kappa shape index (κ2) is 5.77. The molecule has 3 heteroatoms. The van der Waals surface area contributed by atoms with E-state index in [-0.39, 0.29) is 17.7 Å². The quantitative estimate of drug-likeness (QED) is 0.770. The number of benzene rings is 2. The number of rotatable bonds is 4. The van der Waals surface area contributed by atoms with E-state index < -0.39 is 5.97 Å². The first-order chi connectivity index (χ1) is 8.81. The van der Waals surface area contributed by atoms with Crippen LogP contribution in [0, 0.1) is 0 Å². The second-order valence-corrected chi connectivity index (χ2v) is 3.71. The Bertz CT molecular complexity index is 547. The summed E-state index contributed by atoms with van der Waals surface area (Å²) >= 11 is 0. The van der Waals surface area contributed by atoms with Crippen LogP contribution < -0.4 is 0 Å². The summed E-state index contributed by atoms with van der Waals surface area (Å²) in [6.45, 7) is 0.187. The van der Waals surface area contributed by atoms with Crippen LogP contribution in [0.1, 0.15) is 21.5 Å². The van der Waals surface area contributed by atoms with E-state index in [1.165, 1.54) is 6.07 Å². The molecule has 0 unspecified atom stereocenters. The largest absolute Gasteiger partial charge is 0.457 e. The number of ether oxygens (including phenoxy) is 1. The van der Waals surface area contributed by atoms with Gasteiger partial charge in [0.05, 0.1) is 5.56 Å². The summed E-state index contributed by atoms with van der Waals surface area (Å²) in [5, 5.41) is 0. The number of carbonyl (C=O) groups is 1. The van der Waals surface area contributed by atoms with Gasteiger partial charge in [0, 0.05) is 5.56 Å². The van der Waals surface area contributed by atoms with E-state index in [0.717, 1.165) is 5.56 Å². The van der Waals surface area contributed by atoms with Gasteiger partial charge >= 0.3 is 5.97 Å². The lowest BCUT2D eigenvalue weighted by molar-refractivity contribution is 0.0472. The fourth-order valence-electron chi connectivity index (χ4n) is 1.55. The number of hydrogen-bond acceptors (Lipinski definition) is 3. The molecule has 0 aliphatic carbocycles. The lowest BCUT2D eigenvalue weighted by Gasteiger charge is -2.06. The van der Waals surface area contributed by atoms with Crippen LogP contribution >= 0.6 is 0 Å². The molecule has 2 aromatic carbocycles. The molecule has 2 rings (SSSR count). The molecule has 0 N–H and O–H groups in total. The van der Waals surface area contributed by atoms with Gasteiger partial charge in [0.1, 0.15) is 6.61 Å². The first-order valence-corrected chi connectivity index (χ1v) is 5.49. The highest BCUT2D eigenvalue weighted by Gasteiger charge is 2.12. The Morgan fingerprint density at radius 2 is 1.67 bits per heavy atom. The average molecular weight is 239 g/mol. The molecular formula is C15H11O3. The van der Waals surface area contributed by atoms with E-state index in [1.807, 2.05) is 30.3 Å². The van der Waals surface area contributed by atoms with Crippen LogP contribution in [-0.4, -0.2) is 12.3 Å². The lowest BCUT2D eigenvalue weighted by atomic mass is 10.1. The molecule has 0 saturated heterocycles. The minimum absolute atomic E-state index is 0.187. The molecule has 0 fully saturated rings. The molecule has 0 amide bonds. The molecule has 0 aliphatic heterocycles. The van der Waals surface area contributed by atoms with Crippen molar-refractivity contribution in [2.75, 3.05) is 0 Å².